The van der Waals surface area contributed by atoms with E-state index in [0.717, 1.165) is 6.07 Å². The second-order valence-corrected chi connectivity index (χ2v) is 5.08. The molecule has 0 aliphatic rings. The minimum absolute atomic E-state index is 0.187. The molecule has 0 saturated carbocycles. The summed E-state index contributed by atoms with van der Waals surface area (Å²) in [6.45, 7) is 0. The third-order valence-electron chi connectivity index (χ3n) is 3.25. The van der Waals surface area contributed by atoms with Crippen LogP contribution >= 0.6 is 0 Å². The maximum absolute atomic E-state index is 13.2. The highest BCUT2D eigenvalue weighted by Crippen LogP contribution is 2.37. The molecule has 0 spiro atoms. The van der Waals surface area contributed by atoms with Crippen molar-refractivity contribution in [2.45, 2.75) is 6.18 Å². The van der Waals surface area contributed by atoms with Gasteiger partial charge in [0.2, 0.25) is 0 Å². The molecule has 1 amide bonds. The van der Waals surface area contributed by atoms with Crippen molar-refractivity contribution >= 4 is 22.7 Å². The Morgan fingerprint density at radius 3 is 2.58 bits per heavy atom. The van der Waals surface area contributed by atoms with Crippen LogP contribution in [-0.4, -0.2) is 15.9 Å². The fraction of sp³-hybridized carbons (Fsp3) is 0.125. The van der Waals surface area contributed by atoms with Gasteiger partial charge in [0.15, 0.2) is 0 Å². The number of aromatic nitrogens is 2. The zero-order valence-corrected chi connectivity index (χ0v) is 12.5. The molecule has 5 nitrogen and oxygen atoms in total. The van der Waals surface area contributed by atoms with Crippen LogP contribution in [0.3, 0.4) is 0 Å². The average Bonchev–Trinajstić information content (AvgIpc) is 2.85. The van der Waals surface area contributed by atoms with E-state index in [2.05, 4.69) is 10.4 Å². The lowest BCUT2D eigenvalue weighted by atomic mass is 10.1. The van der Waals surface area contributed by atoms with Crippen LogP contribution in [0.4, 0.5) is 23.7 Å². The fourth-order valence-corrected chi connectivity index (χ4v) is 2.26. The topological polar surface area (TPSA) is 56.2 Å². The van der Waals surface area contributed by atoms with E-state index in [4.69, 9.17) is 4.74 Å². The third kappa shape index (κ3) is 3.32. The molecule has 0 aliphatic heterocycles. The standard InChI is InChI=1S/C16H12F3N3O2/c1-22-9-10-7-14(12(16(17,18)19)8-13(10)21-22)20-15(23)24-11-5-3-2-4-6-11/h2-9H,1H3,(H,20,23). The number of hydrogen-bond donors (Lipinski definition) is 1. The number of nitrogens with one attached hydrogen (secondary N) is 1. The molecule has 1 aromatic heterocycles. The summed E-state index contributed by atoms with van der Waals surface area (Å²) in [5.41, 5.74) is -1.19. The Morgan fingerprint density at radius 1 is 1.21 bits per heavy atom. The summed E-state index contributed by atoms with van der Waals surface area (Å²) in [4.78, 5) is 11.9. The van der Waals surface area contributed by atoms with E-state index in [1.807, 2.05) is 0 Å². The predicted octanol–water partition coefficient (Wildman–Crippen LogP) is 4.20. The second-order valence-electron chi connectivity index (χ2n) is 5.08. The molecule has 0 aliphatic carbocycles. The quantitative estimate of drug-likeness (QED) is 0.763. The number of fused-ring (bicyclic) bond motifs is 1. The lowest BCUT2D eigenvalue weighted by Gasteiger charge is -2.14. The Morgan fingerprint density at radius 2 is 1.92 bits per heavy atom. The van der Waals surface area contributed by atoms with Crippen LogP contribution < -0.4 is 10.1 Å². The zero-order chi connectivity index (χ0) is 17.3. The Hall–Kier alpha value is -3.03. The minimum Gasteiger partial charge on any atom is -0.410 e. The maximum atomic E-state index is 13.2. The van der Waals surface area contributed by atoms with Gasteiger partial charge in [-0.15, -0.1) is 0 Å². The van der Waals surface area contributed by atoms with Gasteiger partial charge in [0.05, 0.1) is 16.8 Å². The highest BCUT2D eigenvalue weighted by molar-refractivity contribution is 5.92. The number of halogens is 3. The SMILES string of the molecule is Cn1cc2cc(NC(=O)Oc3ccccc3)c(C(F)(F)F)cc2n1. The van der Waals surface area contributed by atoms with Gasteiger partial charge in [-0.2, -0.15) is 18.3 Å². The van der Waals surface area contributed by atoms with Gasteiger partial charge in [0.25, 0.3) is 0 Å². The Balaban J connectivity index is 1.93. The Bertz CT molecular complexity index is 889. The van der Waals surface area contributed by atoms with Crippen molar-refractivity contribution < 1.29 is 22.7 Å². The summed E-state index contributed by atoms with van der Waals surface area (Å²) in [6, 6.07) is 10.2. The summed E-state index contributed by atoms with van der Waals surface area (Å²) < 4.78 is 46.1. The molecule has 0 fully saturated rings. The van der Waals surface area contributed by atoms with E-state index in [1.54, 1.807) is 31.4 Å². The van der Waals surface area contributed by atoms with Gasteiger partial charge < -0.3 is 4.74 Å². The first-order valence-corrected chi connectivity index (χ1v) is 6.91. The molecule has 1 N–H and O–H groups in total. The molecular formula is C16H12F3N3O2. The van der Waals surface area contributed by atoms with Crippen molar-refractivity contribution in [3.8, 4) is 5.75 Å². The van der Waals surface area contributed by atoms with Crippen molar-refractivity contribution in [1.29, 1.82) is 0 Å². The van der Waals surface area contributed by atoms with Gasteiger partial charge in [0.1, 0.15) is 5.75 Å². The first-order valence-electron chi connectivity index (χ1n) is 6.91. The van der Waals surface area contributed by atoms with Gasteiger partial charge in [-0.1, -0.05) is 18.2 Å². The lowest BCUT2D eigenvalue weighted by molar-refractivity contribution is -0.136. The Labute approximate surface area is 134 Å². The van der Waals surface area contributed by atoms with Crippen LogP contribution in [0.5, 0.6) is 5.75 Å². The molecule has 24 heavy (non-hydrogen) atoms. The van der Waals surface area contributed by atoms with Crippen LogP contribution in [0, 0.1) is 0 Å². The van der Waals surface area contributed by atoms with Gasteiger partial charge >= 0.3 is 12.3 Å². The predicted molar refractivity (Wildman–Crippen MR) is 81.8 cm³/mol. The first-order chi connectivity index (χ1) is 11.3. The van der Waals surface area contributed by atoms with Crippen molar-refractivity contribution in [2.75, 3.05) is 5.32 Å². The number of benzene rings is 2. The molecule has 0 atom stereocenters. The smallest absolute Gasteiger partial charge is 0.410 e. The number of rotatable bonds is 2. The maximum Gasteiger partial charge on any atom is 0.418 e. The van der Waals surface area contributed by atoms with Crippen LogP contribution in [-0.2, 0) is 13.2 Å². The number of aryl methyl sites for hydroxylation is 1. The lowest BCUT2D eigenvalue weighted by Crippen LogP contribution is -2.19. The van der Waals surface area contributed by atoms with E-state index in [1.165, 1.54) is 22.9 Å². The molecule has 3 aromatic rings. The molecule has 2 aromatic carbocycles. The van der Waals surface area contributed by atoms with Crippen molar-refractivity contribution in [1.82, 2.24) is 9.78 Å². The summed E-state index contributed by atoms with van der Waals surface area (Å²) >= 11 is 0. The van der Waals surface area contributed by atoms with E-state index in [-0.39, 0.29) is 17.0 Å². The molecule has 0 unspecified atom stereocenters. The highest BCUT2D eigenvalue weighted by atomic mass is 19.4. The molecule has 0 saturated heterocycles. The van der Waals surface area contributed by atoms with E-state index in [9.17, 15) is 18.0 Å². The number of alkyl halides is 3. The molecule has 0 bridgehead atoms. The Kier molecular flexibility index (Phi) is 3.88. The largest absolute Gasteiger partial charge is 0.418 e. The zero-order valence-electron chi connectivity index (χ0n) is 12.5. The minimum atomic E-state index is -4.64. The fourth-order valence-electron chi connectivity index (χ4n) is 2.26. The van der Waals surface area contributed by atoms with Gasteiger partial charge in [-0.3, -0.25) is 10.00 Å². The number of carbonyl (C=O) groups is 1. The van der Waals surface area contributed by atoms with Crippen molar-refractivity contribution in [3.63, 3.8) is 0 Å². The number of nitrogens with zero attached hydrogens (tertiary/aromatic N) is 2. The van der Waals surface area contributed by atoms with Crippen LogP contribution in [0.2, 0.25) is 0 Å². The summed E-state index contributed by atoms with van der Waals surface area (Å²) in [6.07, 6.45) is -4.08. The normalized spacial score (nSPS) is 11.5. The number of carbonyl (C=O) groups excluding carboxylic acids is 1. The number of anilines is 1. The van der Waals surface area contributed by atoms with E-state index >= 15 is 0 Å². The average molecular weight is 335 g/mol. The van der Waals surface area contributed by atoms with E-state index in [0.29, 0.717) is 5.39 Å². The monoisotopic (exact) mass is 335 g/mol. The van der Waals surface area contributed by atoms with Crippen LogP contribution in [0.25, 0.3) is 10.9 Å². The summed E-state index contributed by atoms with van der Waals surface area (Å²) in [5, 5.41) is 6.57. The molecular weight excluding hydrogens is 323 g/mol. The third-order valence-corrected chi connectivity index (χ3v) is 3.25. The van der Waals surface area contributed by atoms with Crippen molar-refractivity contribution in [3.05, 3.63) is 54.2 Å². The van der Waals surface area contributed by atoms with Crippen molar-refractivity contribution in [2.24, 2.45) is 7.05 Å². The summed E-state index contributed by atoms with van der Waals surface area (Å²) in [7, 11) is 1.60. The molecule has 0 radical (unpaired) electrons. The second kappa shape index (κ2) is 5.88. The molecule has 8 heteroatoms. The molecule has 3 rings (SSSR count). The highest BCUT2D eigenvalue weighted by Gasteiger charge is 2.35. The number of hydrogen-bond acceptors (Lipinski definition) is 3. The number of amides is 1. The molecule has 124 valence electrons. The van der Waals surface area contributed by atoms with Crippen LogP contribution in [0.1, 0.15) is 5.56 Å². The number of para-hydroxylation sites is 1. The molecule has 1 heterocycles. The van der Waals surface area contributed by atoms with Crippen LogP contribution in [0.15, 0.2) is 48.7 Å². The summed E-state index contributed by atoms with van der Waals surface area (Å²) in [5.74, 6) is 0.228. The number of ether oxygens (including phenoxy) is 1. The van der Waals surface area contributed by atoms with E-state index < -0.39 is 17.8 Å². The van der Waals surface area contributed by atoms with Gasteiger partial charge in [-0.05, 0) is 24.3 Å². The first kappa shape index (κ1) is 15.9. The van der Waals surface area contributed by atoms with Gasteiger partial charge in [0, 0.05) is 18.6 Å². The van der Waals surface area contributed by atoms with Gasteiger partial charge in [-0.25, -0.2) is 4.79 Å².